The van der Waals surface area contributed by atoms with Gasteiger partial charge in [-0.2, -0.15) is 0 Å². The highest BCUT2D eigenvalue weighted by Crippen LogP contribution is 2.26. The van der Waals surface area contributed by atoms with Gasteiger partial charge in [0.2, 0.25) is 11.8 Å². The van der Waals surface area contributed by atoms with E-state index in [2.05, 4.69) is 17.1 Å². The van der Waals surface area contributed by atoms with Gasteiger partial charge < -0.3 is 24.6 Å². The van der Waals surface area contributed by atoms with Crippen LogP contribution in [-0.4, -0.2) is 91.6 Å². The first kappa shape index (κ1) is 23.8. The molecule has 1 aromatic rings. The summed E-state index contributed by atoms with van der Waals surface area (Å²) in [5, 5.41) is 2.90. The van der Waals surface area contributed by atoms with Crippen molar-refractivity contribution < 1.29 is 23.9 Å². The average molecular weight is 447 g/mol. The first-order valence-electron chi connectivity index (χ1n) is 11.2. The van der Waals surface area contributed by atoms with Gasteiger partial charge in [-0.05, 0) is 43.5 Å². The second-order valence-corrected chi connectivity index (χ2v) is 8.23. The van der Waals surface area contributed by atoms with Crippen LogP contribution in [0.25, 0.3) is 0 Å². The van der Waals surface area contributed by atoms with Gasteiger partial charge in [0.05, 0.1) is 26.2 Å². The van der Waals surface area contributed by atoms with Crippen molar-refractivity contribution in [3.05, 3.63) is 28.8 Å². The number of methoxy groups -OCH3 is 1. The maximum atomic E-state index is 13.0. The zero-order valence-corrected chi connectivity index (χ0v) is 19.5. The molecule has 1 atom stereocenters. The molecule has 0 bridgehead atoms. The summed E-state index contributed by atoms with van der Waals surface area (Å²) in [5.41, 5.74) is 3.34. The Morgan fingerprint density at radius 2 is 1.75 bits per heavy atom. The largest absolute Gasteiger partial charge is 0.496 e. The minimum atomic E-state index is -0.513. The smallest absolute Gasteiger partial charge is 0.409 e. The van der Waals surface area contributed by atoms with E-state index in [0.29, 0.717) is 52.4 Å². The van der Waals surface area contributed by atoms with Crippen LogP contribution >= 0.6 is 0 Å². The van der Waals surface area contributed by atoms with Crippen molar-refractivity contribution in [2.75, 3.05) is 53.0 Å². The van der Waals surface area contributed by atoms with Crippen molar-refractivity contribution in [3.63, 3.8) is 0 Å². The third-order valence-corrected chi connectivity index (χ3v) is 6.41. The predicted octanol–water partition coefficient (Wildman–Crippen LogP) is 1.30. The molecule has 0 saturated carbocycles. The molecule has 2 aliphatic rings. The number of hydrogen-bond donors (Lipinski definition) is 1. The number of rotatable bonds is 6. The molecular weight excluding hydrogens is 412 g/mol. The van der Waals surface area contributed by atoms with E-state index >= 15 is 0 Å². The molecule has 3 amide bonds. The SMILES string of the molecule is CCOC(=O)N1CCN(C(=O)CC2C(=O)NCCN2Cc2ccc(OC)c(C)c2C)CC1. The van der Waals surface area contributed by atoms with Gasteiger partial charge in [-0.25, -0.2) is 4.79 Å². The zero-order valence-electron chi connectivity index (χ0n) is 19.5. The maximum absolute atomic E-state index is 13.0. The number of nitrogens with zero attached hydrogens (tertiary/aromatic N) is 3. The molecule has 0 spiro atoms. The molecule has 0 radical (unpaired) electrons. The van der Waals surface area contributed by atoms with Crippen molar-refractivity contribution in [1.29, 1.82) is 0 Å². The predicted molar refractivity (Wildman–Crippen MR) is 119 cm³/mol. The normalized spacial score (nSPS) is 19.5. The van der Waals surface area contributed by atoms with E-state index in [1.165, 1.54) is 0 Å². The molecule has 9 nitrogen and oxygen atoms in total. The molecule has 2 heterocycles. The van der Waals surface area contributed by atoms with E-state index in [0.717, 1.165) is 22.4 Å². The van der Waals surface area contributed by atoms with Crippen molar-refractivity contribution in [2.24, 2.45) is 0 Å². The lowest BCUT2D eigenvalue weighted by molar-refractivity contribution is -0.140. The lowest BCUT2D eigenvalue weighted by atomic mass is 10.00. The fourth-order valence-electron chi connectivity index (χ4n) is 4.28. The summed E-state index contributed by atoms with van der Waals surface area (Å²) in [4.78, 5) is 43.0. The van der Waals surface area contributed by atoms with Gasteiger partial charge in [0.25, 0.3) is 0 Å². The highest BCUT2D eigenvalue weighted by Gasteiger charge is 2.34. The van der Waals surface area contributed by atoms with Crippen LogP contribution in [0.1, 0.15) is 30.0 Å². The number of carbonyl (C=O) groups is 3. The van der Waals surface area contributed by atoms with E-state index in [9.17, 15) is 14.4 Å². The van der Waals surface area contributed by atoms with Gasteiger partial charge in [-0.15, -0.1) is 0 Å². The standard InChI is InChI=1S/C23H34N4O5/c1-5-32-23(30)26-12-10-25(11-13-26)21(28)14-19-22(29)24-8-9-27(19)15-18-6-7-20(31-4)17(3)16(18)2/h6-7,19H,5,8-15H2,1-4H3,(H,24,29). The Morgan fingerprint density at radius 1 is 1.06 bits per heavy atom. The molecule has 2 fully saturated rings. The van der Waals surface area contributed by atoms with E-state index in [1.807, 2.05) is 19.1 Å². The van der Waals surface area contributed by atoms with Crippen LogP contribution in [0.5, 0.6) is 5.75 Å². The van der Waals surface area contributed by atoms with Crippen LogP contribution in [0, 0.1) is 13.8 Å². The Morgan fingerprint density at radius 3 is 2.41 bits per heavy atom. The fraction of sp³-hybridized carbons (Fsp3) is 0.609. The number of nitrogens with one attached hydrogen (secondary N) is 1. The van der Waals surface area contributed by atoms with Gasteiger partial charge in [-0.1, -0.05) is 6.07 Å². The van der Waals surface area contributed by atoms with E-state index in [1.54, 1.807) is 23.8 Å². The van der Waals surface area contributed by atoms with Crippen molar-refractivity contribution in [2.45, 2.75) is 39.8 Å². The third kappa shape index (κ3) is 5.32. The van der Waals surface area contributed by atoms with Crippen LogP contribution in [0.3, 0.4) is 0 Å². The summed E-state index contributed by atoms with van der Waals surface area (Å²) >= 11 is 0. The van der Waals surface area contributed by atoms with Crippen molar-refractivity contribution >= 4 is 17.9 Å². The monoisotopic (exact) mass is 446 g/mol. The minimum Gasteiger partial charge on any atom is -0.496 e. The molecule has 9 heteroatoms. The average Bonchev–Trinajstić information content (AvgIpc) is 2.79. The molecule has 32 heavy (non-hydrogen) atoms. The molecule has 1 unspecified atom stereocenters. The fourth-order valence-corrected chi connectivity index (χ4v) is 4.28. The molecule has 1 N–H and O–H groups in total. The molecule has 3 rings (SSSR count). The highest BCUT2D eigenvalue weighted by atomic mass is 16.6. The summed E-state index contributed by atoms with van der Waals surface area (Å²) in [5.74, 6) is 0.664. The third-order valence-electron chi connectivity index (χ3n) is 6.41. The van der Waals surface area contributed by atoms with E-state index in [-0.39, 0.29) is 24.3 Å². The van der Waals surface area contributed by atoms with Gasteiger partial charge in [-0.3, -0.25) is 14.5 Å². The first-order valence-corrected chi connectivity index (χ1v) is 11.2. The quantitative estimate of drug-likeness (QED) is 0.708. The number of carbonyl (C=O) groups excluding carboxylic acids is 3. The Balaban J connectivity index is 1.64. The summed E-state index contributed by atoms with van der Waals surface area (Å²) in [7, 11) is 1.66. The topological polar surface area (TPSA) is 91.4 Å². The molecule has 176 valence electrons. The highest BCUT2D eigenvalue weighted by molar-refractivity contribution is 5.89. The van der Waals surface area contributed by atoms with Crippen molar-refractivity contribution in [3.8, 4) is 5.75 Å². The van der Waals surface area contributed by atoms with Gasteiger partial charge in [0.1, 0.15) is 5.75 Å². The molecule has 1 aromatic carbocycles. The molecular formula is C23H34N4O5. The number of benzene rings is 1. The van der Waals surface area contributed by atoms with Crippen molar-refractivity contribution in [1.82, 2.24) is 20.0 Å². The summed E-state index contributed by atoms with van der Waals surface area (Å²) in [6.45, 7) is 9.80. The van der Waals surface area contributed by atoms with E-state index < -0.39 is 6.04 Å². The maximum Gasteiger partial charge on any atom is 0.409 e. The summed E-state index contributed by atoms with van der Waals surface area (Å²) in [6, 6.07) is 3.47. The number of piperazine rings is 2. The van der Waals surface area contributed by atoms with Crippen LogP contribution in [-0.2, 0) is 20.9 Å². The molecule has 2 aliphatic heterocycles. The minimum absolute atomic E-state index is 0.0665. The summed E-state index contributed by atoms with van der Waals surface area (Å²) < 4.78 is 10.4. The van der Waals surface area contributed by atoms with Crippen LogP contribution in [0.15, 0.2) is 12.1 Å². The van der Waals surface area contributed by atoms with Gasteiger partial charge in [0.15, 0.2) is 0 Å². The van der Waals surface area contributed by atoms with Crippen LogP contribution < -0.4 is 10.1 Å². The Kier molecular flexibility index (Phi) is 7.95. The molecule has 0 aliphatic carbocycles. The number of ether oxygens (including phenoxy) is 2. The second kappa shape index (κ2) is 10.7. The Hall–Kier alpha value is -2.81. The summed E-state index contributed by atoms with van der Waals surface area (Å²) in [6.07, 6.45) is -0.220. The number of hydrogen-bond acceptors (Lipinski definition) is 6. The van der Waals surface area contributed by atoms with Gasteiger partial charge >= 0.3 is 6.09 Å². The Bertz CT molecular complexity index is 851. The lowest BCUT2D eigenvalue weighted by Gasteiger charge is -2.38. The zero-order chi connectivity index (χ0) is 23.3. The van der Waals surface area contributed by atoms with Crippen LogP contribution in [0.2, 0.25) is 0 Å². The lowest BCUT2D eigenvalue weighted by Crippen LogP contribution is -2.57. The second-order valence-electron chi connectivity index (χ2n) is 8.23. The van der Waals surface area contributed by atoms with Gasteiger partial charge in [0, 0.05) is 45.8 Å². The molecule has 2 saturated heterocycles. The molecule has 0 aromatic heterocycles. The number of amides is 3. The Labute approximate surface area is 189 Å². The first-order chi connectivity index (χ1) is 15.3. The van der Waals surface area contributed by atoms with Crippen LogP contribution in [0.4, 0.5) is 4.79 Å². The van der Waals surface area contributed by atoms with E-state index in [4.69, 9.17) is 9.47 Å².